The molecule has 17 heavy (non-hydrogen) atoms. The summed E-state index contributed by atoms with van der Waals surface area (Å²) in [6.45, 7) is 1.05. The van der Waals surface area contributed by atoms with Gasteiger partial charge in [-0.2, -0.15) is 0 Å². The molecule has 92 valence electrons. The van der Waals surface area contributed by atoms with Crippen LogP contribution in [0.4, 0.5) is 5.82 Å². The SMILES string of the molecule is CN(C)c1ccc(C(=O)N2CC[C@H](O)C2)cn1. The van der Waals surface area contributed by atoms with E-state index in [1.165, 1.54) is 0 Å². The molecular weight excluding hydrogens is 218 g/mol. The van der Waals surface area contributed by atoms with Crippen LogP contribution in [-0.4, -0.2) is 54.2 Å². The van der Waals surface area contributed by atoms with Crippen molar-refractivity contribution < 1.29 is 9.90 Å². The number of hydrogen-bond donors (Lipinski definition) is 1. The maximum atomic E-state index is 12.0. The maximum Gasteiger partial charge on any atom is 0.255 e. The molecule has 1 atom stereocenters. The minimum atomic E-state index is -0.382. The van der Waals surface area contributed by atoms with Gasteiger partial charge < -0.3 is 14.9 Å². The summed E-state index contributed by atoms with van der Waals surface area (Å²) in [4.78, 5) is 19.8. The fourth-order valence-electron chi connectivity index (χ4n) is 1.89. The van der Waals surface area contributed by atoms with Gasteiger partial charge in [0, 0.05) is 33.4 Å². The van der Waals surface area contributed by atoms with Gasteiger partial charge in [-0.15, -0.1) is 0 Å². The zero-order chi connectivity index (χ0) is 12.4. The minimum Gasteiger partial charge on any atom is -0.391 e. The molecule has 0 radical (unpaired) electrons. The van der Waals surface area contributed by atoms with E-state index >= 15 is 0 Å². The maximum absolute atomic E-state index is 12.0. The molecule has 1 aliphatic rings. The summed E-state index contributed by atoms with van der Waals surface area (Å²) in [5, 5.41) is 9.40. The summed E-state index contributed by atoms with van der Waals surface area (Å²) >= 11 is 0. The Labute approximate surface area is 101 Å². The zero-order valence-electron chi connectivity index (χ0n) is 10.1. The van der Waals surface area contributed by atoms with E-state index in [4.69, 9.17) is 0 Å². The average Bonchev–Trinajstić information content (AvgIpc) is 2.75. The molecule has 0 saturated carbocycles. The molecule has 1 fully saturated rings. The lowest BCUT2D eigenvalue weighted by molar-refractivity contribution is 0.0764. The predicted octanol–water partition coefficient (Wildman–Crippen LogP) is 0.354. The van der Waals surface area contributed by atoms with Crippen LogP contribution in [0.15, 0.2) is 18.3 Å². The largest absolute Gasteiger partial charge is 0.391 e. The molecule has 1 amide bonds. The van der Waals surface area contributed by atoms with Crippen LogP contribution < -0.4 is 4.90 Å². The van der Waals surface area contributed by atoms with Crippen molar-refractivity contribution in [3.05, 3.63) is 23.9 Å². The van der Waals surface area contributed by atoms with Gasteiger partial charge in [-0.05, 0) is 18.6 Å². The Balaban J connectivity index is 2.09. The first-order valence-corrected chi connectivity index (χ1v) is 5.68. The number of likely N-dealkylation sites (tertiary alicyclic amines) is 1. The highest BCUT2D eigenvalue weighted by Gasteiger charge is 2.25. The quantitative estimate of drug-likeness (QED) is 0.804. The molecule has 5 heteroatoms. The number of aromatic nitrogens is 1. The van der Waals surface area contributed by atoms with Crippen LogP contribution in [0, 0.1) is 0 Å². The van der Waals surface area contributed by atoms with Crippen LogP contribution >= 0.6 is 0 Å². The van der Waals surface area contributed by atoms with E-state index in [0.29, 0.717) is 25.1 Å². The second-order valence-corrected chi connectivity index (χ2v) is 4.49. The first kappa shape index (κ1) is 11.9. The highest BCUT2D eigenvalue weighted by atomic mass is 16.3. The highest BCUT2D eigenvalue weighted by molar-refractivity contribution is 5.94. The molecule has 0 spiro atoms. The van der Waals surface area contributed by atoms with Crippen molar-refractivity contribution in [1.29, 1.82) is 0 Å². The number of anilines is 1. The Morgan fingerprint density at radius 1 is 1.53 bits per heavy atom. The van der Waals surface area contributed by atoms with Gasteiger partial charge in [-0.1, -0.05) is 0 Å². The van der Waals surface area contributed by atoms with Gasteiger partial charge in [-0.3, -0.25) is 4.79 Å². The molecule has 5 nitrogen and oxygen atoms in total. The standard InChI is InChI=1S/C12H17N3O2/c1-14(2)11-4-3-9(7-13-11)12(17)15-6-5-10(16)8-15/h3-4,7,10,16H,5-6,8H2,1-2H3/t10-/m0/s1. The van der Waals surface area contributed by atoms with E-state index in [1.807, 2.05) is 25.1 Å². The molecule has 0 unspecified atom stereocenters. The van der Waals surface area contributed by atoms with E-state index in [2.05, 4.69) is 4.98 Å². The van der Waals surface area contributed by atoms with Crippen molar-refractivity contribution in [2.45, 2.75) is 12.5 Å². The van der Waals surface area contributed by atoms with Gasteiger partial charge in [0.25, 0.3) is 5.91 Å². The van der Waals surface area contributed by atoms with Crippen LogP contribution in [0.5, 0.6) is 0 Å². The Bertz CT molecular complexity index is 403. The van der Waals surface area contributed by atoms with Crippen LogP contribution in [0.3, 0.4) is 0 Å². The summed E-state index contributed by atoms with van der Waals surface area (Å²) in [5.41, 5.74) is 0.574. The third kappa shape index (κ3) is 2.55. The number of pyridine rings is 1. The highest BCUT2D eigenvalue weighted by Crippen LogP contribution is 2.14. The number of hydrogen-bond acceptors (Lipinski definition) is 4. The van der Waals surface area contributed by atoms with Crippen molar-refractivity contribution in [3.8, 4) is 0 Å². The molecule has 0 bridgehead atoms. The Kier molecular flexibility index (Phi) is 3.28. The molecular formula is C12H17N3O2. The topological polar surface area (TPSA) is 56.7 Å². The van der Waals surface area contributed by atoms with Gasteiger partial charge in [0.1, 0.15) is 5.82 Å². The van der Waals surface area contributed by atoms with E-state index in [0.717, 1.165) is 5.82 Å². The van der Waals surface area contributed by atoms with Gasteiger partial charge in [0.2, 0.25) is 0 Å². The number of aliphatic hydroxyl groups is 1. The smallest absolute Gasteiger partial charge is 0.255 e. The van der Waals surface area contributed by atoms with E-state index in [9.17, 15) is 9.90 Å². The Morgan fingerprint density at radius 2 is 2.29 bits per heavy atom. The summed E-state index contributed by atoms with van der Waals surface area (Å²) in [6.07, 6.45) is 1.87. The van der Waals surface area contributed by atoms with Gasteiger partial charge >= 0.3 is 0 Å². The number of nitrogens with zero attached hydrogens (tertiary/aromatic N) is 3. The minimum absolute atomic E-state index is 0.0562. The number of carbonyl (C=O) groups excluding carboxylic acids is 1. The van der Waals surface area contributed by atoms with Crippen molar-refractivity contribution in [2.24, 2.45) is 0 Å². The fourth-order valence-corrected chi connectivity index (χ4v) is 1.89. The molecule has 1 N–H and O–H groups in total. The molecule has 1 aromatic rings. The second kappa shape index (κ2) is 4.71. The summed E-state index contributed by atoms with van der Waals surface area (Å²) in [6, 6.07) is 3.59. The Morgan fingerprint density at radius 3 is 2.76 bits per heavy atom. The number of aliphatic hydroxyl groups excluding tert-OH is 1. The molecule has 0 aliphatic carbocycles. The van der Waals surface area contributed by atoms with Crippen LogP contribution in [0.1, 0.15) is 16.8 Å². The molecule has 2 heterocycles. The first-order valence-electron chi connectivity index (χ1n) is 5.68. The molecule has 1 aliphatic heterocycles. The van der Waals surface area contributed by atoms with Crippen molar-refractivity contribution in [3.63, 3.8) is 0 Å². The van der Waals surface area contributed by atoms with Crippen LogP contribution in [0.25, 0.3) is 0 Å². The first-order chi connectivity index (χ1) is 8.08. The Hall–Kier alpha value is -1.62. The normalized spacial score (nSPS) is 19.5. The molecule has 2 rings (SSSR count). The molecule has 1 saturated heterocycles. The lowest BCUT2D eigenvalue weighted by atomic mass is 10.2. The van der Waals surface area contributed by atoms with Gasteiger partial charge in [0.05, 0.1) is 11.7 Å². The number of carbonyl (C=O) groups is 1. The van der Waals surface area contributed by atoms with E-state index < -0.39 is 0 Å². The third-order valence-electron chi connectivity index (χ3n) is 2.90. The zero-order valence-corrected chi connectivity index (χ0v) is 10.1. The summed E-state index contributed by atoms with van der Waals surface area (Å²) < 4.78 is 0. The monoisotopic (exact) mass is 235 g/mol. The molecule has 1 aromatic heterocycles. The van der Waals surface area contributed by atoms with Crippen LogP contribution in [0.2, 0.25) is 0 Å². The average molecular weight is 235 g/mol. The van der Waals surface area contributed by atoms with E-state index in [-0.39, 0.29) is 12.0 Å². The number of amides is 1. The third-order valence-corrected chi connectivity index (χ3v) is 2.90. The van der Waals surface area contributed by atoms with Gasteiger partial charge in [0.15, 0.2) is 0 Å². The summed E-state index contributed by atoms with van der Waals surface area (Å²) in [7, 11) is 3.81. The fraction of sp³-hybridized carbons (Fsp3) is 0.500. The van der Waals surface area contributed by atoms with Crippen molar-refractivity contribution >= 4 is 11.7 Å². The lowest BCUT2D eigenvalue weighted by Gasteiger charge is -2.16. The van der Waals surface area contributed by atoms with Crippen molar-refractivity contribution in [2.75, 3.05) is 32.1 Å². The number of β-amino-alcohol motifs (C(OH)–C–C–N with tert-alkyl or cyclic N) is 1. The van der Waals surface area contributed by atoms with Gasteiger partial charge in [-0.25, -0.2) is 4.98 Å². The van der Waals surface area contributed by atoms with Crippen molar-refractivity contribution in [1.82, 2.24) is 9.88 Å². The second-order valence-electron chi connectivity index (χ2n) is 4.49. The summed E-state index contributed by atoms with van der Waals surface area (Å²) in [5.74, 6) is 0.766. The lowest BCUT2D eigenvalue weighted by Crippen LogP contribution is -2.29. The predicted molar refractivity (Wildman–Crippen MR) is 65.1 cm³/mol. The molecule has 0 aromatic carbocycles. The number of rotatable bonds is 2. The van der Waals surface area contributed by atoms with E-state index in [1.54, 1.807) is 17.2 Å². The van der Waals surface area contributed by atoms with Crippen LogP contribution in [-0.2, 0) is 0 Å².